The van der Waals surface area contributed by atoms with Gasteiger partial charge in [-0.1, -0.05) is 24.6 Å². The molecule has 1 heterocycles. The molecule has 0 aromatic heterocycles. The molecule has 3 rings (SSSR count). The predicted molar refractivity (Wildman–Crippen MR) is 82.7 cm³/mol. The molecule has 1 aromatic rings. The fourth-order valence-electron chi connectivity index (χ4n) is 2.75. The van der Waals surface area contributed by atoms with Crippen molar-refractivity contribution in [1.82, 2.24) is 5.32 Å². The van der Waals surface area contributed by atoms with Gasteiger partial charge in [0, 0.05) is 31.9 Å². The summed E-state index contributed by atoms with van der Waals surface area (Å²) in [5, 5.41) is 3.61. The van der Waals surface area contributed by atoms with Gasteiger partial charge in [0.25, 0.3) is 0 Å². The zero-order chi connectivity index (χ0) is 13.2. The van der Waals surface area contributed by atoms with Crippen molar-refractivity contribution in [2.45, 2.75) is 38.6 Å². The van der Waals surface area contributed by atoms with E-state index in [0.29, 0.717) is 0 Å². The van der Waals surface area contributed by atoms with E-state index in [1.807, 2.05) is 0 Å². The molecule has 2 aliphatic rings. The first-order valence-electron chi connectivity index (χ1n) is 7.53. The van der Waals surface area contributed by atoms with Crippen LogP contribution in [0.1, 0.15) is 37.3 Å². The normalized spacial score (nSPS) is 18.8. The van der Waals surface area contributed by atoms with E-state index >= 15 is 0 Å². The molecule has 0 radical (unpaired) electrons. The molecule has 19 heavy (non-hydrogen) atoms. The van der Waals surface area contributed by atoms with Crippen LogP contribution < -0.4 is 10.2 Å². The van der Waals surface area contributed by atoms with E-state index in [0.717, 1.165) is 25.6 Å². The van der Waals surface area contributed by atoms with Crippen LogP contribution >= 0.6 is 0 Å². The lowest BCUT2D eigenvalue weighted by Gasteiger charge is -2.12. The molecule has 2 nitrogen and oxygen atoms in total. The van der Waals surface area contributed by atoms with Gasteiger partial charge in [-0.05, 0) is 48.9 Å². The van der Waals surface area contributed by atoms with Crippen molar-refractivity contribution in [1.29, 1.82) is 0 Å². The van der Waals surface area contributed by atoms with Gasteiger partial charge < -0.3 is 10.2 Å². The molecule has 0 atom stereocenters. The van der Waals surface area contributed by atoms with Crippen LogP contribution in [0.4, 0.5) is 5.69 Å². The summed E-state index contributed by atoms with van der Waals surface area (Å²) in [5.41, 5.74) is 5.79. The highest BCUT2D eigenvalue weighted by Crippen LogP contribution is 2.28. The third kappa shape index (κ3) is 3.01. The highest BCUT2D eigenvalue weighted by molar-refractivity contribution is 5.64. The number of hydrogen-bond acceptors (Lipinski definition) is 2. The number of hydrogen-bond donors (Lipinski definition) is 1. The van der Waals surface area contributed by atoms with Crippen molar-refractivity contribution in [3.63, 3.8) is 0 Å². The molecule has 0 spiro atoms. The molecule has 0 amide bonds. The number of benzene rings is 1. The summed E-state index contributed by atoms with van der Waals surface area (Å²) in [6.07, 6.45) is 7.42. The molecule has 2 heteroatoms. The van der Waals surface area contributed by atoms with E-state index in [1.165, 1.54) is 41.6 Å². The van der Waals surface area contributed by atoms with E-state index < -0.39 is 0 Å². The highest BCUT2D eigenvalue weighted by atomic mass is 15.1. The minimum Gasteiger partial charge on any atom is -0.374 e. The summed E-state index contributed by atoms with van der Waals surface area (Å²) in [6, 6.07) is 7.69. The van der Waals surface area contributed by atoms with Crippen LogP contribution in [-0.2, 0) is 6.42 Å². The monoisotopic (exact) mass is 256 g/mol. The van der Waals surface area contributed by atoms with Crippen molar-refractivity contribution in [2.24, 2.45) is 0 Å². The summed E-state index contributed by atoms with van der Waals surface area (Å²) in [5.74, 6) is 0. The van der Waals surface area contributed by atoms with Gasteiger partial charge in [0.2, 0.25) is 0 Å². The zero-order valence-corrected chi connectivity index (χ0v) is 12.1. The fourth-order valence-corrected chi connectivity index (χ4v) is 2.75. The van der Waals surface area contributed by atoms with Gasteiger partial charge in [0.15, 0.2) is 0 Å². The molecule has 1 aromatic carbocycles. The van der Waals surface area contributed by atoms with Crippen LogP contribution in [0.5, 0.6) is 0 Å². The first kappa shape index (κ1) is 12.7. The minimum absolute atomic E-state index is 0.795. The summed E-state index contributed by atoms with van der Waals surface area (Å²) in [7, 11) is 2.18. The molecular weight excluding hydrogens is 232 g/mol. The van der Waals surface area contributed by atoms with Gasteiger partial charge in [0.05, 0.1) is 0 Å². The van der Waals surface area contributed by atoms with E-state index in [9.17, 15) is 0 Å². The van der Waals surface area contributed by atoms with Gasteiger partial charge in [0.1, 0.15) is 0 Å². The highest BCUT2D eigenvalue weighted by Gasteiger charge is 2.20. The molecule has 1 saturated carbocycles. The smallest absolute Gasteiger partial charge is 0.0397 e. The largest absolute Gasteiger partial charge is 0.374 e. The average Bonchev–Trinajstić information content (AvgIpc) is 3.19. The Morgan fingerprint density at radius 3 is 3.00 bits per heavy atom. The van der Waals surface area contributed by atoms with Crippen molar-refractivity contribution in [3.8, 4) is 0 Å². The van der Waals surface area contributed by atoms with Gasteiger partial charge in [-0.3, -0.25) is 0 Å². The first-order valence-corrected chi connectivity index (χ1v) is 7.53. The minimum atomic E-state index is 0.795. The Bertz CT molecular complexity index is 486. The molecule has 1 N–H and O–H groups in total. The lowest BCUT2D eigenvalue weighted by molar-refractivity contribution is 0.723. The van der Waals surface area contributed by atoms with Crippen molar-refractivity contribution in [3.05, 3.63) is 34.9 Å². The number of anilines is 1. The number of likely N-dealkylation sites (N-methyl/N-ethyl adjacent to an activating group) is 1. The lowest BCUT2D eigenvalue weighted by atomic mass is 10.0. The molecule has 0 saturated heterocycles. The second-order valence-electron chi connectivity index (χ2n) is 5.87. The third-order valence-corrected chi connectivity index (χ3v) is 4.25. The van der Waals surface area contributed by atoms with Crippen molar-refractivity contribution in [2.75, 3.05) is 25.0 Å². The Balaban J connectivity index is 1.73. The van der Waals surface area contributed by atoms with Crippen molar-refractivity contribution < 1.29 is 0 Å². The van der Waals surface area contributed by atoms with Gasteiger partial charge in [-0.2, -0.15) is 0 Å². The molecule has 0 bridgehead atoms. The van der Waals surface area contributed by atoms with Crippen LogP contribution in [0.3, 0.4) is 0 Å². The van der Waals surface area contributed by atoms with Gasteiger partial charge >= 0.3 is 0 Å². The maximum Gasteiger partial charge on any atom is 0.0397 e. The van der Waals surface area contributed by atoms with E-state index in [2.05, 4.69) is 48.5 Å². The molecule has 1 aliphatic carbocycles. The van der Waals surface area contributed by atoms with E-state index in [1.54, 1.807) is 0 Å². The second-order valence-corrected chi connectivity index (χ2v) is 5.87. The number of nitrogens with one attached hydrogen (secondary N) is 1. The van der Waals surface area contributed by atoms with Gasteiger partial charge in [-0.25, -0.2) is 0 Å². The van der Waals surface area contributed by atoms with Crippen molar-refractivity contribution >= 4 is 11.8 Å². The van der Waals surface area contributed by atoms with Crippen LogP contribution in [0, 0.1) is 0 Å². The fraction of sp³-hybridized carbons (Fsp3) is 0.529. The molecular formula is C17H24N2. The molecule has 0 unspecified atom stereocenters. The number of rotatable bonds is 5. The predicted octanol–water partition coefficient (Wildman–Crippen LogP) is 3.22. The number of fused-ring (bicyclic) bond motifs is 1. The second kappa shape index (κ2) is 5.38. The zero-order valence-electron chi connectivity index (χ0n) is 12.1. The summed E-state index contributed by atoms with van der Waals surface area (Å²) in [6.45, 7) is 4.46. The lowest BCUT2D eigenvalue weighted by Crippen LogP contribution is -2.18. The molecule has 1 aliphatic heterocycles. The Hall–Kier alpha value is -1.28. The van der Waals surface area contributed by atoms with Crippen LogP contribution in [0.25, 0.3) is 6.08 Å². The van der Waals surface area contributed by atoms with E-state index in [4.69, 9.17) is 0 Å². The SMILES string of the molecule is CCC(=Cc1ccc2c(c1)CCN2C)CNC1CC1. The standard InChI is InChI=1S/C17H24N2/c1-3-13(12-18-16-5-6-16)10-14-4-7-17-15(11-14)8-9-19(17)2/h4,7,10-11,16,18H,3,5-6,8-9,12H2,1-2H3. The Kier molecular flexibility index (Phi) is 3.61. The number of nitrogens with zero attached hydrogens (tertiary/aromatic N) is 1. The molecule has 1 fully saturated rings. The topological polar surface area (TPSA) is 15.3 Å². The maximum atomic E-state index is 3.61. The summed E-state index contributed by atoms with van der Waals surface area (Å²) in [4.78, 5) is 2.35. The summed E-state index contributed by atoms with van der Waals surface area (Å²) >= 11 is 0. The Morgan fingerprint density at radius 2 is 2.26 bits per heavy atom. The third-order valence-electron chi connectivity index (χ3n) is 4.25. The Morgan fingerprint density at radius 1 is 1.42 bits per heavy atom. The quantitative estimate of drug-likeness (QED) is 0.870. The van der Waals surface area contributed by atoms with Crippen LogP contribution in [0.2, 0.25) is 0 Å². The maximum absolute atomic E-state index is 3.61. The van der Waals surface area contributed by atoms with Crippen LogP contribution in [0.15, 0.2) is 23.8 Å². The Labute approximate surface area is 116 Å². The van der Waals surface area contributed by atoms with Crippen LogP contribution in [-0.4, -0.2) is 26.2 Å². The van der Waals surface area contributed by atoms with Gasteiger partial charge in [-0.15, -0.1) is 0 Å². The molecule has 102 valence electrons. The average molecular weight is 256 g/mol. The van der Waals surface area contributed by atoms with E-state index in [-0.39, 0.29) is 0 Å². The first-order chi connectivity index (χ1) is 9.26. The summed E-state index contributed by atoms with van der Waals surface area (Å²) < 4.78 is 0.